The molecule has 26 heavy (non-hydrogen) atoms. The smallest absolute Gasteiger partial charge is 0.276 e. The Morgan fingerprint density at radius 1 is 1.31 bits per heavy atom. The molecule has 134 valence electrons. The van der Waals surface area contributed by atoms with Crippen LogP contribution in [0.15, 0.2) is 36.0 Å². The van der Waals surface area contributed by atoms with E-state index in [1.807, 2.05) is 5.38 Å². The van der Waals surface area contributed by atoms with E-state index in [1.165, 1.54) is 40.4 Å². The highest BCUT2D eigenvalue weighted by Gasteiger charge is 2.33. The molecule has 0 aliphatic carbocycles. The van der Waals surface area contributed by atoms with Gasteiger partial charge in [0.05, 0.1) is 18.8 Å². The summed E-state index contributed by atoms with van der Waals surface area (Å²) in [6.07, 6.45) is 4.89. The summed E-state index contributed by atoms with van der Waals surface area (Å²) < 4.78 is 28.8. The van der Waals surface area contributed by atoms with Crippen molar-refractivity contribution in [2.45, 2.75) is 25.4 Å². The first-order valence-electron chi connectivity index (χ1n) is 8.17. The molecule has 0 bridgehead atoms. The number of benzene rings is 1. The summed E-state index contributed by atoms with van der Waals surface area (Å²) in [7, 11) is 0. The van der Waals surface area contributed by atoms with E-state index in [1.54, 1.807) is 11.1 Å². The normalized spacial score (nSPS) is 17.0. The van der Waals surface area contributed by atoms with Crippen molar-refractivity contribution in [1.29, 1.82) is 0 Å². The van der Waals surface area contributed by atoms with Gasteiger partial charge in [-0.3, -0.25) is 4.79 Å². The second-order valence-electron chi connectivity index (χ2n) is 6.03. The van der Waals surface area contributed by atoms with Crippen molar-refractivity contribution in [3.63, 3.8) is 0 Å². The topological polar surface area (TPSA) is 63.9 Å². The van der Waals surface area contributed by atoms with Crippen molar-refractivity contribution in [3.8, 4) is 0 Å². The van der Waals surface area contributed by atoms with Crippen LogP contribution in [0.4, 0.5) is 8.78 Å². The number of nitrogens with zero attached hydrogens (tertiary/aromatic N) is 5. The lowest BCUT2D eigenvalue weighted by molar-refractivity contribution is 0.0729. The van der Waals surface area contributed by atoms with Gasteiger partial charge in [0.15, 0.2) is 5.69 Å². The van der Waals surface area contributed by atoms with Gasteiger partial charge in [0.2, 0.25) is 0 Å². The minimum atomic E-state index is -0.656. The van der Waals surface area contributed by atoms with Crippen LogP contribution >= 0.6 is 11.3 Å². The molecule has 1 amide bonds. The third-order valence-electron chi connectivity index (χ3n) is 4.39. The number of aromatic nitrogens is 4. The molecule has 1 saturated heterocycles. The average Bonchev–Trinajstić information content (AvgIpc) is 3.38. The molecule has 0 spiro atoms. The van der Waals surface area contributed by atoms with E-state index in [9.17, 15) is 13.6 Å². The number of hydrogen-bond acceptors (Lipinski definition) is 5. The van der Waals surface area contributed by atoms with Crippen molar-refractivity contribution < 1.29 is 13.6 Å². The van der Waals surface area contributed by atoms with Gasteiger partial charge in [-0.25, -0.2) is 18.4 Å². The maximum atomic E-state index is 13.8. The number of likely N-dealkylation sites (tertiary alicyclic amines) is 1. The number of halogens is 2. The lowest BCUT2D eigenvalue weighted by Crippen LogP contribution is -2.30. The lowest BCUT2D eigenvalue weighted by atomic mass is 10.2. The van der Waals surface area contributed by atoms with Gasteiger partial charge in [0, 0.05) is 23.7 Å². The fourth-order valence-electron chi connectivity index (χ4n) is 3.13. The van der Waals surface area contributed by atoms with E-state index in [4.69, 9.17) is 0 Å². The van der Waals surface area contributed by atoms with Crippen LogP contribution in [0.5, 0.6) is 0 Å². The summed E-state index contributed by atoms with van der Waals surface area (Å²) in [6.45, 7) is 0.493. The van der Waals surface area contributed by atoms with E-state index >= 15 is 0 Å². The zero-order chi connectivity index (χ0) is 18.1. The van der Waals surface area contributed by atoms with Crippen molar-refractivity contribution in [2.75, 3.05) is 6.54 Å². The molecular formula is C17H15F2N5OS. The molecule has 1 aromatic carbocycles. The summed E-state index contributed by atoms with van der Waals surface area (Å²) in [6, 6.07) is 3.61. The number of hydrogen-bond donors (Lipinski definition) is 0. The summed E-state index contributed by atoms with van der Waals surface area (Å²) in [5, 5.41) is 10.5. The summed E-state index contributed by atoms with van der Waals surface area (Å²) in [5.74, 6) is -1.56. The second kappa shape index (κ2) is 6.91. The predicted molar refractivity (Wildman–Crippen MR) is 90.6 cm³/mol. The maximum absolute atomic E-state index is 13.8. The van der Waals surface area contributed by atoms with Crippen LogP contribution in [-0.4, -0.2) is 37.3 Å². The molecule has 1 aliphatic heterocycles. The Morgan fingerprint density at radius 2 is 2.12 bits per heavy atom. The first kappa shape index (κ1) is 16.8. The standard InChI is InChI=1S/C17H15F2N5OS/c18-12-3-1-4-13(19)11(12)9-23-10-14(21-22-23)17(25)24-7-2-5-15(24)16-20-6-8-26-16/h1,3-4,6,8,10,15H,2,5,7,9H2/t15-/m1/s1. The largest absolute Gasteiger partial charge is 0.328 e. The van der Waals surface area contributed by atoms with Gasteiger partial charge < -0.3 is 4.90 Å². The molecule has 9 heteroatoms. The Bertz CT molecular complexity index is 907. The minimum absolute atomic E-state index is 0.0586. The van der Waals surface area contributed by atoms with Crippen LogP contribution in [0.2, 0.25) is 0 Å². The van der Waals surface area contributed by atoms with Crippen LogP contribution in [0.25, 0.3) is 0 Å². The van der Waals surface area contributed by atoms with Gasteiger partial charge in [-0.15, -0.1) is 16.4 Å². The molecule has 3 aromatic rings. The molecule has 4 rings (SSSR count). The van der Waals surface area contributed by atoms with E-state index < -0.39 is 11.6 Å². The van der Waals surface area contributed by atoms with Crippen LogP contribution in [0.3, 0.4) is 0 Å². The van der Waals surface area contributed by atoms with Crippen LogP contribution < -0.4 is 0 Å². The Balaban J connectivity index is 1.53. The van der Waals surface area contributed by atoms with Crippen LogP contribution in [-0.2, 0) is 6.54 Å². The Kier molecular flexibility index (Phi) is 4.46. The predicted octanol–water partition coefficient (Wildman–Crippen LogP) is 3.04. The SMILES string of the molecule is O=C(c1cn(Cc2c(F)cccc2F)nn1)N1CCC[C@@H]1c1nccs1. The Labute approximate surface area is 152 Å². The fraction of sp³-hybridized carbons (Fsp3) is 0.294. The number of rotatable bonds is 4. The third kappa shape index (κ3) is 3.10. The molecule has 0 saturated carbocycles. The first-order valence-corrected chi connectivity index (χ1v) is 9.05. The second-order valence-corrected chi connectivity index (χ2v) is 6.95. The van der Waals surface area contributed by atoms with E-state index in [0.29, 0.717) is 6.54 Å². The highest BCUT2D eigenvalue weighted by Crippen LogP contribution is 2.33. The van der Waals surface area contributed by atoms with Gasteiger partial charge in [-0.2, -0.15) is 0 Å². The molecule has 1 fully saturated rings. The molecule has 1 atom stereocenters. The van der Waals surface area contributed by atoms with Crippen LogP contribution in [0.1, 0.15) is 39.9 Å². The zero-order valence-electron chi connectivity index (χ0n) is 13.7. The number of carbonyl (C=O) groups is 1. The van der Waals surface area contributed by atoms with Gasteiger partial charge in [0.25, 0.3) is 5.91 Å². The third-order valence-corrected chi connectivity index (χ3v) is 5.27. The molecule has 3 heterocycles. The van der Waals surface area contributed by atoms with Crippen molar-refractivity contribution in [3.05, 3.63) is 63.9 Å². The molecular weight excluding hydrogens is 360 g/mol. The van der Waals surface area contributed by atoms with E-state index in [-0.39, 0.29) is 29.8 Å². The number of amides is 1. The molecule has 0 N–H and O–H groups in total. The highest BCUT2D eigenvalue weighted by atomic mass is 32.1. The average molecular weight is 375 g/mol. The molecule has 0 unspecified atom stereocenters. The molecule has 2 aromatic heterocycles. The fourth-order valence-corrected chi connectivity index (χ4v) is 3.92. The molecule has 0 radical (unpaired) electrons. The lowest BCUT2D eigenvalue weighted by Gasteiger charge is -2.21. The van der Waals surface area contributed by atoms with Crippen molar-refractivity contribution in [1.82, 2.24) is 24.9 Å². The van der Waals surface area contributed by atoms with Gasteiger partial charge in [0.1, 0.15) is 16.6 Å². The van der Waals surface area contributed by atoms with E-state index in [2.05, 4.69) is 15.3 Å². The van der Waals surface area contributed by atoms with Gasteiger partial charge in [-0.1, -0.05) is 11.3 Å². The van der Waals surface area contributed by atoms with Gasteiger partial charge >= 0.3 is 0 Å². The molecule has 1 aliphatic rings. The van der Waals surface area contributed by atoms with E-state index in [0.717, 1.165) is 17.8 Å². The first-order chi connectivity index (χ1) is 12.6. The maximum Gasteiger partial charge on any atom is 0.276 e. The van der Waals surface area contributed by atoms with Gasteiger partial charge in [-0.05, 0) is 25.0 Å². The summed E-state index contributed by atoms with van der Waals surface area (Å²) in [5.41, 5.74) is 0.0448. The Morgan fingerprint density at radius 3 is 2.85 bits per heavy atom. The van der Waals surface area contributed by atoms with Crippen molar-refractivity contribution in [2.24, 2.45) is 0 Å². The van der Waals surface area contributed by atoms with Crippen LogP contribution in [0, 0.1) is 11.6 Å². The minimum Gasteiger partial charge on any atom is -0.328 e. The summed E-state index contributed by atoms with van der Waals surface area (Å²) >= 11 is 1.52. The summed E-state index contributed by atoms with van der Waals surface area (Å²) in [4.78, 5) is 18.8. The number of carbonyl (C=O) groups excluding carboxylic acids is 1. The quantitative estimate of drug-likeness (QED) is 0.703. The molecule has 6 nitrogen and oxygen atoms in total. The number of thiazole rings is 1. The monoisotopic (exact) mass is 375 g/mol. The highest BCUT2D eigenvalue weighted by molar-refractivity contribution is 7.09. The van der Waals surface area contributed by atoms with Crippen molar-refractivity contribution >= 4 is 17.2 Å². The zero-order valence-corrected chi connectivity index (χ0v) is 14.5. The Hall–Kier alpha value is -2.68.